The Hall–Kier alpha value is -3.17. The van der Waals surface area contributed by atoms with Gasteiger partial charge < -0.3 is 29.1 Å². The van der Waals surface area contributed by atoms with E-state index in [4.69, 9.17) is 13.9 Å². The quantitative estimate of drug-likeness (QED) is 0.386. The van der Waals surface area contributed by atoms with E-state index in [-0.39, 0.29) is 58.5 Å². The van der Waals surface area contributed by atoms with Gasteiger partial charge in [0.1, 0.15) is 16.8 Å². The molecule has 2 fully saturated rings. The van der Waals surface area contributed by atoms with Crippen molar-refractivity contribution in [3.63, 3.8) is 0 Å². The van der Waals surface area contributed by atoms with E-state index in [0.717, 1.165) is 19.3 Å². The number of aromatic amines is 1. The van der Waals surface area contributed by atoms with Gasteiger partial charge in [0.25, 0.3) is 0 Å². The molecule has 0 radical (unpaired) electrons. The van der Waals surface area contributed by atoms with E-state index in [2.05, 4.69) is 30.7 Å². The summed E-state index contributed by atoms with van der Waals surface area (Å²) < 4.78 is 19.3. The Balaban J connectivity index is 1.38. The van der Waals surface area contributed by atoms with Gasteiger partial charge in [-0.25, -0.2) is 9.78 Å². The second-order valence-electron chi connectivity index (χ2n) is 10.8. The van der Waals surface area contributed by atoms with Crippen LogP contribution in [-0.2, 0) is 15.9 Å². The highest BCUT2D eigenvalue weighted by Gasteiger charge is 2.52. The number of ether oxygens (including phenoxy) is 2. The molecule has 198 valence electrons. The van der Waals surface area contributed by atoms with Crippen molar-refractivity contribution < 1.29 is 33.7 Å². The van der Waals surface area contributed by atoms with Gasteiger partial charge in [-0.2, -0.15) is 0 Å². The number of nitrogens with zero attached hydrogens (tertiary/aromatic N) is 1. The predicted molar refractivity (Wildman–Crippen MR) is 134 cm³/mol. The summed E-state index contributed by atoms with van der Waals surface area (Å²) in [5.41, 5.74) is 0.725. The Morgan fingerprint density at radius 3 is 2.68 bits per heavy atom. The Morgan fingerprint density at radius 1 is 1.19 bits per heavy atom. The van der Waals surface area contributed by atoms with E-state index >= 15 is 0 Å². The number of H-pyrrole nitrogens is 1. The molecular formula is C28H34N2O7. The van der Waals surface area contributed by atoms with E-state index in [9.17, 15) is 19.8 Å². The van der Waals surface area contributed by atoms with Gasteiger partial charge in [0.15, 0.2) is 23.0 Å². The minimum Gasteiger partial charge on any atom is -0.507 e. The van der Waals surface area contributed by atoms with Crippen LogP contribution in [0.2, 0.25) is 0 Å². The number of rotatable bonds is 6. The summed E-state index contributed by atoms with van der Waals surface area (Å²) in [5, 5.41) is 19.5. The summed E-state index contributed by atoms with van der Waals surface area (Å²) in [6, 6.07) is 6.41. The Kier molecular flexibility index (Phi) is 6.62. The first kappa shape index (κ1) is 25.5. The van der Waals surface area contributed by atoms with Gasteiger partial charge in [-0.1, -0.05) is 27.7 Å². The average Bonchev–Trinajstić information content (AvgIpc) is 3.52. The van der Waals surface area contributed by atoms with Crippen LogP contribution in [0.1, 0.15) is 73.7 Å². The topological polar surface area (TPSA) is 135 Å². The number of carboxylic acids is 1. The first-order valence-corrected chi connectivity index (χ1v) is 13.0. The number of hydrogen-bond donors (Lipinski definition) is 3. The molecule has 3 N–H and O–H groups in total. The van der Waals surface area contributed by atoms with Crippen LogP contribution in [0.25, 0.3) is 11.1 Å². The summed E-state index contributed by atoms with van der Waals surface area (Å²) >= 11 is 0. The van der Waals surface area contributed by atoms with Gasteiger partial charge in [0, 0.05) is 24.5 Å². The summed E-state index contributed by atoms with van der Waals surface area (Å²) in [5.74, 6) is -1.90. The predicted octanol–water partition coefficient (Wildman–Crippen LogP) is 5.19. The van der Waals surface area contributed by atoms with Crippen molar-refractivity contribution in [2.24, 2.45) is 23.7 Å². The van der Waals surface area contributed by atoms with E-state index < -0.39 is 11.8 Å². The molecule has 9 nitrogen and oxygen atoms in total. The maximum absolute atomic E-state index is 13.1. The average molecular weight is 511 g/mol. The molecule has 0 aliphatic carbocycles. The fourth-order valence-electron chi connectivity index (χ4n) is 6.04. The molecule has 0 amide bonds. The Bertz CT molecular complexity index is 1300. The number of carbonyl (C=O) groups excluding carboxylic acids is 1. The van der Waals surface area contributed by atoms with Gasteiger partial charge >= 0.3 is 5.97 Å². The molecule has 2 aliphatic heterocycles. The molecule has 7 unspecified atom stereocenters. The van der Waals surface area contributed by atoms with Crippen LogP contribution < -0.4 is 0 Å². The molecule has 7 atom stereocenters. The third-order valence-corrected chi connectivity index (χ3v) is 8.25. The summed E-state index contributed by atoms with van der Waals surface area (Å²) in [6.45, 7) is 8.30. The van der Waals surface area contributed by atoms with E-state index in [1.807, 2.05) is 13.0 Å². The number of phenols is 1. The van der Waals surface area contributed by atoms with Gasteiger partial charge in [-0.3, -0.25) is 4.79 Å². The van der Waals surface area contributed by atoms with Crippen LogP contribution in [0, 0.1) is 23.7 Å². The lowest BCUT2D eigenvalue weighted by Crippen LogP contribution is -2.58. The van der Waals surface area contributed by atoms with E-state index in [0.29, 0.717) is 23.6 Å². The number of benzene rings is 1. The number of oxazole rings is 1. The van der Waals surface area contributed by atoms with Crippen molar-refractivity contribution in [1.82, 2.24) is 9.97 Å². The van der Waals surface area contributed by atoms with Gasteiger partial charge in [0.2, 0.25) is 0 Å². The summed E-state index contributed by atoms with van der Waals surface area (Å²) in [4.78, 5) is 32.2. The highest BCUT2D eigenvalue weighted by Crippen LogP contribution is 2.48. The van der Waals surface area contributed by atoms with E-state index in [1.54, 1.807) is 12.3 Å². The summed E-state index contributed by atoms with van der Waals surface area (Å²) in [7, 11) is 0. The zero-order valence-electron chi connectivity index (χ0n) is 21.6. The molecule has 2 aliphatic rings. The lowest BCUT2D eigenvalue weighted by molar-refractivity contribution is -0.355. The number of hydrogen-bond acceptors (Lipinski definition) is 7. The van der Waals surface area contributed by atoms with Crippen LogP contribution >= 0.6 is 0 Å². The van der Waals surface area contributed by atoms with Crippen molar-refractivity contribution in [2.45, 2.75) is 71.4 Å². The highest BCUT2D eigenvalue weighted by atomic mass is 16.7. The molecule has 2 aromatic heterocycles. The van der Waals surface area contributed by atoms with Gasteiger partial charge in [-0.15, -0.1) is 0 Å². The molecule has 2 saturated heterocycles. The number of nitrogens with one attached hydrogen (secondary N) is 1. The van der Waals surface area contributed by atoms with Crippen molar-refractivity contribution in [3.8, 4) is 5.75 Å². The molecule has 3 aromatic rings. The zero-order chi connectivity index (χ0) is 26.5. The van der Waals surface area contributed by atoms with Crippen molar-refractivity contribution >= 4 is 22.9 Å². The third kappa shape index (κ3) is 4.55. The van der Waals surface area contributed by atoms with Crippen LogP contribution in [0.3, 0.4) is 0 Å². The summed E-state index contributed by atoms with van der Waals surface area (Å²) in [6.07, 6.45) is 4.00. The lowest BCUT2D eigenvalue weighted by atomic mass is 9.75. The van der Waals surface area contributed by atoms with Crippen LogP contribution in [0.5, 0.6) is 5.75 Å². The molecule has 0 bridgehead atoms. The number of fused-ring (bicyclic) bond motifs is 1. The molecule has 1 aromatic carbocycles. The first-order valence-electron chi connectivity index (χ1n) is 13.0. The van der Waals surface area contributed by atoms with Gasteiger partial charge in [-0.05, 0) is 48.9 Å². The molecular weight excluding hydrogens is 476 g/mol. The molecule has 5 rings (SSSR count). The molecule has 0 saturated carbocycles. The fourth-order valence-corrected chi connectivity index (χ4v) is 6.04. The minimum absolute atomic E-state index is 0.0243. The monoisotopic (exact) mass is 510 g/mol. The maximum atomic E-state index is 13.1. The number of ketones is 1. The minimum atomic E-state index is -1.27. The number of Topliss-reactive ketones (excluding diaryl/α,β-unsaturated/α-hetero) is 1. The van der Waals surface area contributed by atoms with Crippen LogP contribution in [0.4, 0.5) is 0 Å². The normalized spacial score (nSPS) is 31.0. The molecule has 37 heavy (non-hydrogen) atoms. The number of aromatic carboxylic acids is 1. The first-order chi connectivity index (χ1) is 17.6. The second kappa shape index (κ2) is 9.61. The largest absolute Gasteiger partial charge is 0.507 e. The Morgan fingerprint density at radius 2 is 1.97 bits per heavy atom. The van der Waals surface area contributed by atoms with E-state index in [1.165, 1.54) is 12.1 Å². The van der Waals surface area contributed by atoms with Crippen LogP contribution in [0.15, 0.2) is 34.9 Å². The fraction of sp³-hybridized carbons (Fsp3) is 0.536. The standard InChI is InChI=1S/C28H34N2O7/c1-14-9-10-28(16(3)12-15(2)26(37-28)17(4)25(32)18-6-5-11-29-18)36-21(14)13-22-30-24-20(35-22)8-7-19(31)23(24)27(33)34/h5-8,11,14-17,21,26,29,31H,9-10,12-13H2,1-4H3,(H,33,34). The second-order valence-corrected chi connectivity index (χ2v) is 10.8. The number of aromatic nitrogens is 2. The molecule has 9 heteroatoms. The molecule has 1 spiro atoms. The maximum Gasteiger partial charge on any atom is 0.341 e. The zero-order valence-corrected chi connectivity index (χ0v) is 21.6. The van der Waals surface area contributed by atoms with Gasteiger partial charge in [0.05, 0.1) is 24.3 Å². The van der Waals surface area contributed by atoms with Crippen molar-refractivity contribution in [2.75, 3.05) is 0 Å². The number of carbonyl (C=O) groups is 2. The number of aromatic hydroxyl groups is 1. The SMILES string of the molecule is CC1CCC2(OC1Cc1nc3c(C(=O)O)c(O)ccc3o1)OC(C(C)C(=O)c1ccc[nH]1)C(C)CC2C. The Labute approximate surface area is 215 Å². The highest BCUT2D eigenvalue weighted by molar-refractivity contribution is 6.03. The van der Waals surface area contributed by atoms with Crippen molar-refractivity contribution in [3.05, 3.63) is 47.6 Å². The van der Waals surface area contributed by atoms with Crippen molar-refractivity contribution in [1.29, 1.82) is 0 Å². The third-order valence-electron chi connectivity index (χ3n) is 8.25. The van der Waals surface area contributed by atoms with Crippen LogP contribution in [-0.4, -0.2) is 49.9 Å². The smallest absolute Gasteiger partial charge is 0.341 e. The molecule has 4 heterocycles. The number of carboxylic acid groups (broad SMARTS) is 1. The lowest BCUT2D eigenvalue weighted by Gasteiger charge is -2.53.